The number of anilines is 1. The third-order valence-electron chi connectivity index (χ3n) is 3.08. The van der Waals surface area contributed by atoms with E-state index in [2.05, 4.69) is 15.0 Å². The highest BCUT2D eigenvalue weighted by Crippen LogP contribution is 2.30. The van der Waals surface area contributed by atoms with Crippen molar-refractivity contribution in [1.29, 1.82) is 0 Å². The molecular weight excluding hydrogens is 270 g/mol. The summed E-state index contributed by atoms with van der Waals surface area (Å²) in [6, 6.07) is 0. The molecule has 3 atom stereocenters. The molecule has 0 aromatic carbocycles. The lowest BCUT2D eigenvalue weighted by molar-refractivity contribution is -0.0432. The predicted molar refractivity (Wildman–Crippen MR) is 71.7 cm³/mol. The molecule has 9 heteroatoms. The molecule has 2 aromatic heterocycles. The monoisotopic (exact) mass is 285 g/mol. The molecule has 2 aromatic rings. The van der Waals surface area contributed by atoms with Crippen molar-refractivity contribution in [2.75, 3.05) is 12.3 Å². The number of rotatable bonds is 2. The molecule has 1 aliphatic rings. The quantitative estimate of drug-likeness (QED) is 0.658. The summed E-state index contributed by atoms with van der Waals surface area (Å²) in [5.41, 5.74) is 6.75. The van der Waals surface area contributed by atoms with Crippen LogP contribution in [0.5, 0.6) is 0 Å². The van der Waals surface area contributed by atoms with E-state index in [0.717, 1.165) is 0 Å². The van der Waals surface area contributed by atoms with Crippen molar-refractivity contribution in [1.82, 2.24) is 19.5 Å². The molecular formula is C10H15N5O3S. The summed E-state index contributed by atoms with van der Waals surface area (Å²) in [5, 5.41) is 18.8. The Labute approximate surface area is 115 Å². The van der Waals surface area contributed by atoms with E-state index in [1.54, 1.807) is 10.9 Å². The lowest BCUT2D eigenvalue weighted by Gasteiger charge is -2.13. The fourth-order valence-electron chi connectivity index (χ4n) is 2.13. The van der Waals surface area contributed by atoms with Crippen LogP contribution < -0.4 is 5.73 Å². The van der Waals surface area contributed by atoms with Crippen LogP contribution in [-0.4, -0.2) is 48.5 Å². The molecule has 0 saturated carbocycles. The Kier molecular flexibility index (Phi) is 3.90. The minimum Gasteiger partial charge on any atom is -0.394 e. The highest BCUT2D eigenvalue weighted by atomic mass is 32.1. The minimum absolute atomic E-state index is 0. The van der Waals surface area contributed by atoms with E-state index in [1.165, 1.54) is 6.33 Å². The van der Waals surface area contributed by atoms with Gasteiger partial charge in [0, 0.05) is 6.42 Å². The molecule has 104 valence electrons. The molecule has 0 bridgehead atoms. The van der Waals surface area contributed by atoms with Gasteiger partial charge in [-0.1, -0.05) is 0 Å². The van der Waals surface area contributed by atoms with Crippen molar-refractivity contribution in [2.45, 2.75) is 24.9 Å². The molecule has 0 spiro atoms. The number of fused-ring (bicyclic) bond motifs is 1. The van der Waals surface area contributed by atoms with Crippen LogP contribution in [0.1, 0.15) is 12.6 Å². The molecule has 0 radical (unpaired) electrons. The zero-order valence-corrected chi connectivity index (χ0v) is 11.0. The molecule has 3 heterocycles. The SMILES string of the molecule is Nc1ncnc2c1ncn2[C@H]1C[C@H](O)[C@@H](CO)O1.S. The van der Waals surface area contributed by atoms with Gasteiger partial charge in [-0.2, -0.15) is 13.5 Å². The fraction of sp³-hybridized carbons (Fsp3) is 0.500. The number of aliphatic hydroxyl groups is 2. The maximum Gasteiger partial charge on any atom is 0.167 e. The predicted octanol–water partition coefficient (Wildman–Crippen LogP) is -0.838. The Morgan fingerprint density at radius 1 is 1.42 bits per heavy atom. The maximum atomic E-state index is 9.71. The van der Waals surface area contributed by atoms with Gasteiger partial charge >= 0.3 is 0 Å². The summed E-state index contributed by atoms with van der Waals surface area (Å²) in [6.07, 6.45) is 1.60. The van der Waals surface area contributed by atoms with E-state index in [9.17, 15) is 5.11 Å². The third kappa shape index (κ3) is 2.25. The van der Waals surface area contributed by atoms with Crippen LogP contribution >= 0.6 is 13.5 Å². The minimum atomic E-state index is -0.698. The molecule has 1 saturated heterocycles. The number of imidazole rings is 1. The highest BCUT2D eigenvalue weighted by molar-refractivity contribution is 7.59. The molecule has 4 N–H and O–H groups in total. The van der Waals surface area contributed by atoms with Crippen molar-refractivity contribution in [2.24, 2.45) is 0 Å². The number of hydrogen-bond donors (Lipinski definition) is 3. The molecule has 8 nitrogen and oxygen atoms in total. The summed E-state index contributed by atoms with van der Waals surface area (Å²) in [4.78, 5) is 12.1. The van der Waals surface area contributed by atoms with Gasteiger partial charge < -0.3 is 20.7 Å². The summed E-state index contributed by atoms with van der Waals surface area (Å²) in [6.45, 7) is -0.221. The van der Waals surface area contributed by atoms with Crippen LogP contribution in [0.4, 0.5) is 5.82 Å². The summed E-state index contributed by atoms with van der Waals surface area (Å²) < 4.78 is 7.22. The second-order valence-electron chi connectivity index (χ2n) is 4.20. The smallest absolute Gasteiger partial charge is 0.167 e. The first-order valence-electron chi connectivity index (χ1n) is 5.58. The number of ether oxygens (including phenoxy) is 1. The Morgan fingerprint density at radius 3 is 2.89 bits per heavy atom. The molecule has 1 aliphatic heterocycles. The largest absolute Gasteiger partial charge is 0.394 e. The van der Waals surface area contributed by atoms with Gasteiger partial charge in [0.05, 0.1) is 19.0 Å². The van der Waals surface area contributed by atoms with Gasteiger partial charge in [0.2, 0.25) is 0 Å². The third-order valence-corrected chi connectivity index (χ3v) is 3.08. The first-order chi connectivity index (χ1) is 8.70. The van der Waals surface area contributed by atoms with Crippen LogP contribution in [0, 0.1) is 0 Å². The van der Waals surface area contributed by atoms with E-state index in [0.29, 0.717) is 23.4 Å². The van der Waals surface area contributed by atoms with E-state index in [1.807, 2.05) is 0 Å². The molecule has 0 amide bonds. The second kappa shape index (κ2) is 5.29. The van der Waals surface area contributed by atoms with Crippen LogP contribution in [0.15, 0.2) is 12.7 Å². The molecule has 0 unspecified atom stereocenters. The average Bonchev–Trinajstić information content (AvgIpc) is 2.93. The summed E-state index contributed by atoms with van der Waals surface area (Å²) >= 11 is 0. The van der Waals surface area contributed by atoms with Crippen molar-refractivity contribution in [3.05, 3.63) is 12.7 Å². The van der Waals surface area contributed by atoms with Crippen molar-refractivity contribution < 1.29 is 14.9 Å². The number of nitrogen functional groups attached to an aromatic ring is 1. The maximum absolute atomic E-state index is 9.71. The van der Waals surface area contributed by atoms with Gasteiger partial charge in [-0.15, -0.1) is 0 Å². The molecule has 3 rings (SSSR count). The Balaban J connectivity index is 0.00000133. The fourth-order valence-corrected chi connectivity index (χ4v) is 2.13. The van der Waals surface area contributed by atoms with E-state index in [-0.39, 0.29) is 20.1 Å². The van der Waals surface area contributed by atoms with Gasteiger partial charge in [0.25, 0.3) is 0 Å². The normalized spacial score (nSPS) is 26.5. The Bertz CT molecular complexity index is 577. The van der Waals surface area contributed by atoms with Crippen molar-refractivity contribution in [3.8, 4) is 0 Å². The van der Waals surface area contributed by atoms with Gasteiger partial charge in [-0.25, -0.2) is 15.0 Å². The lowest BCUT2D eigenvalue weighted by atomic mass is 10.2. The zero-order valence-electron chi connectivity index (χ0n) is 9.97. The number of nitrogens with two attached hydrogens (primary N) is 1. The Morgan fingerprint density at radius 2 is 2.21 bits per heavy atom. The summed E-state index contributed by atoms with van der Waals surface area (Å²) in [7, 11) is 0. The second-order valence-corrected chi connectivity index (χ2v) is 4.20. The van der Waals surface area contributed by atoms with E-state index >= 15 is 0 Å². The number of aromatic nitrogens is 4. The Hall–Kier alpha value is -1.42. The standard InChI is InChI=1S/C10H13N5O3.H2S/c11-9-8-10(13-3-12-9)15(4-14-8)7-1-5(17)6(2-16)18-7;/h3-7,16-17H,1-2H2,(H2,11,12,13);1H2/t5-,6+,7+;/m0./s1. The average molecular weight is 285 g/mol. The molecule has 19 heavy (non-hydrogen) atoms. The number of hydrogen-bond acceptors (Lipinski definition) is 7. The van der Waals surface area contributed by atoms with Crippen LogP contribution in [0.2, 0.25) is 0 Å². The van der Waals surface area contributed by atoms with Crippen LogP contribution in [-0.2, 0) is 4.74 Å². The van der Waals surface area contributed by atoms with Gasteiger partial charge in [-0.3, -0.25) is 4.57 Å². The summed E-state index contributed by atoms with van der Waals surface area (Å²) in [5.74, 6) is 0.302. The van der Waals surface area contributed by atoms with E-state index in [4.69, 9.17) is 15.6 Å². The topological polar surface area (TPSA) is 119 Å². The number of aliphatic hydroxyl groups excluding tert-OH is 2. The first-order valence-corrected chi connectivity index (χ1v) is 5.58. The van der Waals surface area contributed by atoms with Gasteiger partial charge in [-0.05, 0) is 0 Å². The van der Waals surface area contributed by atoms with Crippen LogP contribution in [0.25, 0.3) is 11.2 Å². The van der Waals surface area contributed by atoms with Gasteiger partial charge in [0.15, 0.2) is 11.5 Å². The van der Waals surface area contributed by atoms with E-state index < -0.39 is 18.4 Å². The molecule has 0 aliphatic carbocycles. The van der Waals surface area contributed by atoms with Crippen molar-refractivity contribution in [3.63, 3.8) is 0 Å². The van der Waals surface area contributed by atoms with Crippen molar-refractivity contribution >= 4 is 30.5 Å². The molecule has 1 fully saturated rings. The zero-order chi connectivity index (χ0) is 12.7. The first kappa shape index (κ1) is 14.0. The van der Waals surface area contributed by atoms with Crippen LogP contribution in [0.3, 0.4) is 0 Å². The highest BCUT2D eigenvalue weighted by Gasteiger charge is 2.35. The lowest BCUT2D eigenvalue weighted by Crippen LogP contribution is -2.24. The van der Waals surface area contributed by atoms with Gasteiger partial charge in [0.1, 0.15) is 24.2 Å². The number of nitrogens with zero attached hydrogens (tertiary/aromatic N) is 4.